The van der Waals surface area contributed by atoms with E-state index in [1.54, 1.807) is 17.5 Å². The molecule has 1 aliphatic carbocycles. The molecule has 0 radical (unpaired) electrons. The Kier molecular flexibility index (Phi) is 7.83. The predicted molar refractivity (Wildman–Crippen MR) is 139 cm³/mol. The molecule has 2 aromatic heterocycles. The van der Waals surface area contributed by atoms with Crippen molar-refractivity contribution in [3.8, 4) is 0 Å². The standard InChI is InChI=1S/C28H38N4O2S/c33-26(23-7-2-1-3-8-23)30-24(25-9-5-19-35-25)10-15-31-16-11-28(12-17-31)13-18-32(27(28)34)21-22-6-4-14-29-20-22/h4-6,9,14,19-20,23-24H,1-3,7-8,10-13,15-18,21H2,(H,30,33). The van der Waals surface area contributed by atoms with Crippen molar-refractivity contribution in [1.82, 2.24) is 20.1 Å². The zero-order valence-electron chi connectivity index (χ0n) is 20.7. The van der Waals surface area contributed by atoms with Crippen LogP contribution in [0.1, 0.15) is 74.3 Å². The first-order chi connectivity index (χ1) is 17.1. The summed E-state index contributed by atoms with van der Waals surface area (Å²) in [5.41, 5.74) is 0.923. The molecule has 2 saturated heterocycles. The van der Waals surface area contributed by atoms with Crippen molar-refractivity contribution in [2.75, 3.05) is 26.2 Å². The van der Waals surface area contributed by atoms with Gasteiger partial charge < -0.3 is 15.1 Å². The van der Waals surface area contributed by atoms with Crippen LogP contribution in [0.5, 0.6) is 0 Å². The van der Waals surface area contributed by atoms with Gasteiger partial charge in [-0.15, -0.1) is 11.3 Å². The van der Waals surface area contributed by atoms with Crippen LogP contribution in [0, 0.1) is 11.3 Å². The Balaban J connectivity index is 1.13. The third kappa shape index (κ3) is 5.78. The number of amides is 2. The van der Waals surface area contributed by atoms with Crippen LogP contribution in [-0.4, -0.2) is 52.8 Å². The molecule has 2 aliphatic heterocycles. The maximum absolute atomic E-state index is 13.3. The predicted octanol–water partition coefficient (Wildman–Crippen LogP) is 4.79. The maximum Gasteiger partial charge on any atom is 0.229 e. The monoisotopic (exact) mass is 494 g/mol. The number of rotatable bonds is 8. The van der Waals surface area contributed by atoms with Gasteiger partial charge in [-0.3, -0.25) is 14.6 Å². The van der Waals surface area contributed by atoms with Gasteiger partial charge in [0.2, 0.25) is 11.8 Å². The number of nitrogens with zero attached hydrogens (tertiary/aromatic N) is 3. The highest BCUT2D eigenvalue weighted by Gasteiger charge is 2.47. The van der Waals surface area contributed by atoms with E-state index in [1.807, 2.05) is 23.2 Å². The lowest BCUT2D eigenvalue weighted by Crippen LogP contribution is -2.45. The van der Waals surface area contributed by atoms with E-state index < -0.39 is 0 Å². The van der Waals surface area contributed by atoms with Gasteiger partial charge in [-0.25, -0.2) is 0 Å². The zero-order valence-corrected chi connectivity index (χ0v) is 21.5. The van der Waals surface area contributed by atoms with Crippen molar-refractivity contribution in [2.24, 2.45) is 11.3 Å². The second-order valence-corrected chi connectivity index (χ2v) is 11.6. The van der Waals surface area contributed by atoms with Gasteiger partial charge in [0.05, 0.1) is 11.5 Å². The molecule has 0 bridgehead atoms. The average Bonchev–Trinajstić information content (AvgIpc) is 3.54. The van der Waals surface area contributed by atoms with Gasteiger partial charge in [-0.05, 0) is 74.7 Å². The summed E-state index contributed by atoms with van der Waals surface area (Å²) in [6, 6.07) is 8.29. The molecular formula is C28H38N4O2S. The lowest BCUT2D eigenvalue weighted by atomic mass is 9.77. The fourth-order valence-corrected chi connectivity index (χ4v) is 6.98. The minimum Gasteiger partial charge on any atom is -0.348 e. The Bertz CT molecular complexity index is 966. The average molecular weight is 495 g/mol. The van der Waals surface area contributed by atoms with E-state index >= 15 is 0 Å². The van der Waals surface area contributed by atoms with E-state index in [9.17, 15) is 9.59 Å². The summed E-state index contributed by atoms with van der Waals surface area (Å²) in [4.78, 5) is 36.3. The summed E-state index contributed by atoms with van der Waals surface area (Å²) in [7, 11) is 0. The third-order valence-corrected chi connectivity index (χ3v) is 9.41. The lowest BCUT2D eigenvalue weighted by molar-refractivity contribution is -0.139. The Labute approximate surface area is 213 Å². The first-order valence-electron chi connectivity index (χ1n) is 13.4. The zero-order chi connectivity index (χ0) is 24.1. The largest absolute Gasteiger partial charge is 0.348 e. The molecule has 1 saturated carbocycles. The molecule has 1 N–H and O–H groups in total. The number of thiophene rings is 1. The van der Waals surface area contributed by atoms with Crippen molar-refractivity contribution in [3.63, 3.8) is 0 Å². The topological polar surface area (TPSA) is 65.5 Å². The smallest absolute Gasteiger partial charge is 0.229 e. The lowest BCUT2D eigenvalue weighted by Gasteiger charge is -2.38. The quantitative estimate of drug-likeness (QED) is 0.573. The Morgan fingerprint density at radius 2 is 1.91 bits per heavy atom. The van der Waals surface area contributed by atoms with Gasteiger partial charge >= 0.3 is 0 Å². The van der Waals surface area contributed by atoms with Gasteiger partial charge in [0.25, 0.3) is 0 Å². The molecule has 3 aliphatic rings. The number of pyridine rings is 1. The molecule has 188 valence electrons. The van der Waals surface area contributed by atoms with Crippen LogP contribution in [0.2, 0.25) is 0 Å². The number of carbonyl (C=O) groups excluding carboxylic acids is 2. The molecule has 1 unspecified atom stereocenters. The summed E-state index contributed by atoms with van der Waals surface area (Å²) in [5, 5.41) is 5.49. The normalized spacial score (nSPS) is 21.9. The molecule has 0 aromatic carbocycles. The molecular weight excluding hydrogens is 456 g/mol. The second-order valence-electron chi connectivity index (χ2n) is 10.7. The molecule has 1 spiro atoms. The highest BCUT2D eigenvalue weighted by molar-refractivity contribution is 7.10. The molecule has 4 heterocycles. The number of hydrogen-bond acceptors (Lipinski definition) is 5. The van der Waals surface area contributed by atoms with E-state index in [-0.39, 0.29) is 23.3 Å². The van der Waals surface area contributed by atoms with Crippen LogP contribution in [0.15, 0.2) is 42.0 Å². The molecule has 6 nitrogen and oxygen atoms in total. The van der Waals surface area contributed by atoms with Gasteiger partial charge in [-0.1, -0.05) is 31.4 Å². The summed E-state index contributed by atoms with van der Waals surface area (Å²) < 4.78 is 0. The summed E-state index contributed by atoms with van der Waals surface area (Å²) in [6.07, 6.45) is 13.1. The Morgan fingerprint density at radius 3 is 2.63 bits per heavy atom. The SMILES string of the molecule is O=C(NC(CCN1CCC2(CC1)CCN(Cc1cccnc1)C2=O)c1cccs1)C1CCCCC1. The minimum absolute atomic E-state index is 0.0865. The van der Waals surface area contributed by atoms with Crippen molar-refractivity contribution in [1.29, 1.82) is 0 Å². The van der Waals surface area contributed by atoms with Crippen LogP contribution in [0.25, 0.3) is 0 Å². The van der Waals surface area contributed by atoms with E-state index in [2.05, 4.69) is 32.7 Å². The van der Waals surface area contributed by atoms with Crippen molar-refractivity contribution in [2.45, 2.75) is 70.4 Å². The molecule has 5 rings (SSSR count). The van der Waals surface area contributed by atoms with Crippen LogP contribution < -0.4 is 5.32 Å². The highest BCUT2D eigenvalue weighted by Crippen LogP contribution is 2.42. The van der Waals surface area contributed by atoms with Crippen LogP contribution in [0.3, 0.4) is 0 Å². The maximum atomic E-state index is 13.3. The van der Waals surface area contributed by atoms with E-state index in [0.717, 1.165) is 70.3 Å². The number of piperidine rings is 1. The molecule has 7 heteroatoms. The fraction of sp³-hybridized carbons (Fsp3) is 0.607. The fourth-order valence-electron chi connectivity index (χ4n) is 6.17. The third-order valence-electron chi connectivity index (χ3n) is 8.42. The number of aromatic nitrogens is 1. The minimum atomic E-state index is -0.180. The number of carbonyl (C=O) groups is 2. The second kappa shape index (κ2) is 11.2. The highest BCUT2D eigenvalue weighted by atomic mass is 32.1. The van der Waals surface area contributed by atoms with Gasteiger partial charge in [-0.2, -0.15) is 0 Å². The number of likely N-dealkylation sites (tertiary alicyclic amines) is 2. The van der Waals surface area contributed by atoms with Crippen molar-refractivity contribution in [3.05, 3.63) is 52.5 Å². The number of nitrogens with one attached hydrogen (secondary N) is 1. The summed E-state index contributed by atoms with van der Waals surface area (Å²) in [6.45, 7) is 4.39. The molecule has 3 fully saturated rings. The molecule has 35 heavy (non-hydrogen) atoms. The van der Waals surface area contributed by atoms with Crippen LogP contribution >= 0.6 is 11.3 Å². The van der Waals surface area contributed by atoms with E-state index in [4.69, 9.17) is 0 Å². The first-order valence-corrected chi connectivity index (χ1v) is 14.3. The van der Waals surface area contributed by atoms with Gasteiger partial charge in [0.1, 0.15) is 0 Å². The summed E-state index contributed by atoms with van der Waals surface area (Å²) in [5.74, 6) is 0.757. The van der Waals surface area contributed by atoms with Crippen molar-refractivity contribution >= 4 is 23.2 Å². The number of hydrogen-bond donors (Lipinski definition) is 1. The molecule has 2 aromatic rings. The van der Waals surface area contributed by atoms with E-state index in [1.165, 1.54) is 24.1 Å². The Hall–Kier alpha value is -2.25. The van der Waals surface area contributed by atoms with Crippen LogP contribution in [0.4, 0.5) is 0 Å². The van der Waals surface area contributed by atoms with Crippen LogP contribution in [-0.2, 0) is 16.1 Å². The van der Waals surface area contributed by atoms with Gasteiger partial charge in [0.15, 0.2) is 0 Å². The summed E-state index contributed by atoms with van der Waals surface area (Å²) >= 11 is 1.73. The van der Waals surface area contributed by atoms with Gasteiger partial charge in [0, 0.05) is 42.8 Å². The van der Waals surface area contributed by atoms with E-state index in [0.29, 0.717) is 12.5 Å². The molecule has 1 atom stereocenters. The van der Waals surface area contributed by atoms with Crippen molar-refractivity contribution < 1.29 is 9.59 Å². The first kappa shape index (κ1) is 24.4. The molecule has 2 amide bonds. The Morgan fingerprint density at radius 1 is 1.11 bits per heavy atom.